The zero-order valence-corrected chi connectivity index (χ0v) is 12.1. The Kier molecular flexibility index (Phi) is 4.40. The highest BCUT2D eigenvalue weighted by molar-refractivity contribution is 7.10. The fourth-order valence-corrected chi connectivity index (χ4v) is 3.33. The maximum absolute atomic E-state index is 6.27. The lowest BCUT2D eigenvalue weighted by molar-refractivity contribution is 0.514. The second kappa shape index (κ2) is 5.84. The van der Waals surface area contributed by atoms with Crippen LogP contribution in [0.1, 0.15) is 28.6 Å². The smallest absolute Gasteiger partial charge is 0.0590 e. The molecule has 0 aliphatic heterocycles. The summed E-state index contributed by atoms with van der Waals surface area (Å²) in [6, 6.07) is 2.11. The van der Waals surface area contributed by atoms with Gasteiger partial charge in [-0.25, -0.2) is 0 Å². The summed E-state index contributed by atoms with van der Waals surface area (Å²) in [5, 5.41) is 7.04. The summed E-state index contributed by atoms with van der Waals surface area (Å²) < 4.78 is 1.88. The average molecular weight is 285 g/mol. The molecule has 4 nitrogen and oxygen atoms in total. The molecule has 2 aromatic heterocycles. The Morgan fingerprint density at radius 1 is 1.61 bits per heavy atom. The summed E-state index contributed by atoms with van der Waals surface area (Å²) >= 11 is 7.92. The molecule has 6 heteroatoms. The number of hydrogen-bond donors (Lipinski definition) is 2. The first-order valence-corrected chi connectivity index (χ1v) is 7.05. The van der Waals surface area contributed by atoms with E-state index in [4.69, 9.17) is 17.4 Å². The molecule has 0 aromatic carbocycles. The van der Waals surface area contributed by atoms with E-state index in [0.29, 0.717) is 0 Å². The van der Waals surface area contributed by atoms with Crippen LogP contribution in [-0.4, -0.2) is 9.78 Å². The van der Waals surface area contributed by atoms with Gasteiger partial charge in [0.15, 0.2) is 0 Å². The summed E-state index contributed by atoms with van der Waals surface area (Å²) in [4.78, 5) is 1.11. The van der Waals surface area contributed by atoms with Crippen molar-refractivity contribution in [3.8, 4) is 0 Å². The van der Waals surface area contributed by atoms with Gasteiger partial charge in [0, 0.05) is 23.8 Å². The molecule has 0 amide bonds. The standard InChI is InChI=1S/C12H17ClN4S/c1-8-7-18-12(11(8)13)10(16-14)4-3-9-5-6-15-17(9)2/h5-7,10,16H,3-4,14H2,1-2H3. The second-order valence-electron chi connectivity index (χ2n) is 4.30. The number of nitrogens with zero attached hydrogens (tertiary/aromatic N) is 2. The van der Waals surface area contributed by atoms with Gasteiger partial charge in [0.05, 0.1) is 11.1 Å². The molecule has 2 aromatic rings. The van der Waals surface area contributed by atoms with Gasteiger partial charge in [-0.2, -0.15) is 5.10 Å². The van der Waals surface area contributed by atoms with Gasteiger partial charge >= 0.3 is 0 Å². The van der Waals surface area contributed by atoms with Gasteiger partial charge in [-0.05, 0) is 36.8 Å². The Balaban J connectivity index is 2.06. The normalized spacial score (nSPS) is 12.9. The van der Waals surface area contributed by atoms with Crippen LogP contribution in [0.15, 0.2) is 17.6 Å². The molecule has 3 N–H and O–H groups in total. The largest absolute Gasteiger partial charge is 0.273 e. The van der Waals surface area contributed by atoms with Crippen molar-refractivity contribution in [2.24, 2.45) is 12.9 Å². The molecule has 0 spiro atoms. The summed E-state index contributed by atoms with van der Waals surface area (Å²) in [5.41, 5.74) is 5.15. The van der Waals surface area contributed by atoms with Crippen LogP contribution >= 0.6 is 22.9 Å². The second-order valence-corrected chi connectivity index (χ2v) is 5.59. The molecule has 0 fully saturated rings. The molecule has 2 heterocycles. The van der Waals surface area contributed by atoms with Gasteiger partial charge in [-0.3, -0.25) is 16.0 Å². The first-order valence-electron chi connectivity index (χ1n) is 5.80. The number of aryl methyl sites for hydroxylation is 3. The lowest BCUT2D eigenvalue weighted by Crippen LogP contribution is -2.28. The Labute approximate surface area is 116 Å². The van der Waals surface area contributed by atoms with Crippen LogP contribution in [0.5, 0.6) is 0 Å². The number of rotatable bonds is 5. The maximum Gasteiger partial charge on any atom is 0.0590 e. The van der Waals surface area contributed by atoms with E-state index in [0.717, 1.165) is 28.3 Å². The Morgan fingerprint density at radius 3 is 2.89 bits per heavy atom. The fraction of sp³-hybridized carbons (Fsp3) is 0.417. The summed E-state index contributed by atoms with van der Waals surface area (Å²) in [5.74, 6) is 5.64. The number of thiophene rings is 1. The molecule has 0 aliphatic carbocycles. The van der Waals surface area contributed by atoms with Crippen LogP contribution in [0.3, 0.4) is 0 Å². The molecular weight excluding hydrogens is 268 g/mol. The number of hydrogen-bond acceptors (Lipinski definition) is 4. The predicted molar refractivity (Wildman–Crippen MR) is 75.7 cm³/mol. The molecule has 0 radical (unpaired) electrons. The van der Waals surface area contributed by atoms with Gasteiger partial charge in [-0.15, -0.1) is 11.3 Å². The third-order valence-electron chi connectivity index (χ3n) is 3.05. The highest BCUT2D eigenvalue weighted by Crippen LogP contribution is 2.34. The minimum atomic E-state index is 0.0890. The molecule has 0 saturated carbocycles. The van der Waals surface area contributed by atoms with Crippen LogP contribution in [0.25, 0.3) is 0 Å². The van der Waals surface area contributed by atoms with Crippen molar-refractivity contribution < 1.29 is 0 Å². The van der Waals surface area contributed by atoms with Gasteiger partial charge in [-0.1, -0.05) is 11.6 Å². The minimum Gasteiger partial charge on any atom is -0.273 e. The third kappa shape index (κ3) is 2.75. The van der Waals surface area contributed by atoms with E-state index in [1.165, 1.54) is 5.69 Å². The minimum absolute atomic E-state index is 0.0890. The first kappa shape index (κ1) is 13.5. The monoisotopic (exact) mass is 284 g/mol. The quantitative estimate of drug-likeness (QED) is 0.655. The number of aromatic nitrogens is 2. The molecule has 2 rings (SSSR count). The highest BCUT2D eigenvalue weighted by atomic mass is 35.5. The van der Waals surface area contributed by atoms with Gasteiger partial charge in [0.1, 0.15) is 0 Å². The van der Waals surface area contributed by atoms with Crippen LogP contribution < -0.4 is 11.3 Å². The van der Waals surface area contributed by atoms with Crippen LogP contribution in [0.4, 0.5) is 0 Å². The Morgan fingerprint density at radius 2 is 2.39 bits per heavy atom. The molecule has 0 saturated heterocycles. The molecule has 98 valence electrons. The van der Waals surface area contributed by atoms with Gasteiger partial charge in [0.25, 0.3) is 0 Å². The third-order valence-corrected chi connectivity index (χ3v) is 4.88. The van der Waals surface area contributed by atoms with E-state index >= 15 is 0 Å². The van der Waals surface area contributed by atoms with Crippen LogP contribution in [-0.2, 0) is 13.5 Å². The molecule has 18 heavy (non-hydrogen) atoms. The van der Waals surface area contributed by atoms with Crippen molar-refractivity contribution in [3.05, 3.63) is 38.8 Å². The molecular formula is C12H17ClN4S. The van der Waals surface area contributed by atoms with Crippen molar-refractivity contribution in [1.82, 2.24) is 15.2 Å². The fourth-order valence-electron chi connectivity index (χ4n) is 1.91. The van der Waals surface area contributed by atoms with Crippen molar-refractivity contribution in [2.45, 2.75) is 25.8 Å². The molecule has 1 atom stereocenters. The van der Waals surface area contributed by atoms with E-state index < -0.39 is 0 Å². The van der Waals surface area contributed by atoms with Gasteiger partial charge in [0.2, 0.25) is 0 Å². The maximum atomic E-state index is 6.27. The van der Waals surface area contributed by atoms with E-state index in [1.54, 1.807) is 11.3 Å². The lowest BCUT2D eigenvalue weighted by Gasteiger charge is -2.15. The molecule has 0 bridgehead atoms. The lowest BCUT2D eigenvalue weighted by atomic mass is 10.1. The van der Waals surface area contributed by atoms with Crippen molar-refractivity contribution >= 4 is 22.9 Å². The van der Waals surface area contributed by atoms with Crippen LogP contribution in [0.2, 0.25) is 5.02 Å². The number of hydrazine groups is 1. The highest BCUT2D eigenvalue weighted by Gasteiger charge is 2.17. The van der Waals surface area contributed by atoms with E-state index in [-0.39, 0.29) is 6.04 Å². The zero-order chi connectivity index (χ0) is 13.1. The first-order chi connectivity index (χ1) is 8.63. The van der Waals surface area contributed by atoms with Crippen molar-refractivity contribution in [1.29, 1.82) is 0 Å². The summed E-state index contributed by atoms with van der Waals surface area (Å²) in [6.45, 7) is 2.01. The van der Waals surface area contributed by atoms with E-state index in [2.05, 4.69) is 15.9 Å². The van der Waals surface area contributed by atoms with Crippen molar-refractivity contribution in [2.75, 3.05) is 0 Å². The van der Waals surface area contributed by atoms with Gasteiger partial charge < -0.3 is 0 Å². The number of halogens is 1. The average Bonchev–Trinajstić information content (AvgIpc) is 2.90. The summed E-state index contributed by atoms with van der Waals surface area (Å²) in [7, 11) is 1.95. The Hall–Kier alpha value is -0.880. The number of nitrogens with two attached hydrogens (primary N) is 1. The molecule has 1 unspecified atom stereocenters. The topological polar surface area (TPSA) is 55.9 Å². The number of nitrogens with one attached hydrogen (secondary N) is 1. The predicted octanol–water partition coefficient (Wildman–Crippen LogP) is 2.58. The summed E-state index contributed by atoms with van der Waals surface area (Å²) in [6.07, 6.45) is 3.62. The van der Waals surface area contributed by atoms with E-state index in [9.17, 15) is 0 Å². The molecule has 0 aliphatic rings. The van der Waals surface area contributed by atoms with Crippen molar-refractivity contribution in [3.63, 3.8) is 0 Å². The van der Waals surface area contributed by atoms with E-state index in [1.807, 2.05) is 30.9 Å². The SMILES string of the molecule is Cc1csc(C(CCc2ccnn2C)NN)c1Cl. The Bertz CT molecular complexity index is 520. The van der Waals surface area contributed by atoms with Crippen LogP contribution in [0, 0.1) is 6.92 Å². The zero-order valence-electron chi connectivity index (χ0n) is 10.5.